The maximum Gasteiger partial charge on any atom is 0.154 e. The van der Waals surface area contributed by atoms with Gasteiger partial charge >= 0.3 is 0 Å². The van der Waals surface area contributed by atoms with E-state index in [1.165, 1.54) is 12.8 Å². The highest BCUT2D eigenvalue weighted by Gasteiger charge is 2.20. The molecular formula is C11H15NOS. The van der Waals surface area contributed by atoms with Crippen LogP contribution in [0, 0.1) is 0 Å². The molecule has 1 atom stereocenters. The molecular weight excluding hydrogens is 194 g/mol. The highest BCUT2D eigenvalue weighted by atomic mass is 32.1. The Balaban J connectivity index is 1.88. The maximum absolute atomic E-state index is 11.8. The minimum atomic E-state index is 0.114. The first-order valence-electron chi connectivity index (χ1n) is 5.13. The van der Waals surface area contributed by atoms with Crippen molar-refractivity contribution >= 4 is 17.1 Å². The van der Waals surface area contributed by atoms with Crippen LogP contribution in [-0.2, 0) is 11.2 Å². The van der Waals surface area contributed by atoms with Gasteiger partial charge in [-0.3, -0.25) is 4.79 Å². The SMILES string of the molecule is O=C(Cc1ccsc1)C1CCCCN1. The average molecular weight is 209 g/mol. The highest BCUT2D eigenvalue weighted by molar-refractivity contribution is 7.07. The minimum Gasteiger partial charge on any atom is -0.307 e. The van der Waals surface area contributed by atoms with Crippen LogP contribution in [0.3, 0.4) is 0 Å². The molecule has 0 aliphatic carbocycles. The molecule has 0 aromatic carbocycles. The van der Waals surface area contributed by atoms with Crippen LogP contribution < -0.4 is 5.32 Å². The van der Waals surface area contributed by atoms with E-state index in [0.29, 0.717) is 12.2 Å². The van der Waals surface area contributed by atoms with E-state index in [9.17, 15) is 4.79 Å². The Morgan fingerprint density at radius 3 is 3.14 bits per heavy atom. The van der Waals surface area contributed by atoms with Crippen molar-refractivity contribution in [2.75, 3.05) is 6.54 Å². The highest BCUT2D eigenvalue weighted by Crippen LogP contribution is 2.12. The van der Waals surface area contributed by atoms with Crippen molar-refractivity contribution in [3.05, 3.63) is 22.4 Å². The average Bonchev–Trinajstić information content (AvgIpc) is 2.72. The van der Waals surface area contributed by atoms with E-state index in [4.69, 9.17) is 0 Å². The van der Waals surface area contributed by atoms with Crippen LogP contribution in [0.15, 0.2) is 16.8 Å². The Morgan fingerprint density at radius 2 is 2.50 bits per heavy atom. The van der Waals surface area contributed by atoms with Gasteiger partial charge in [0, 0.05) is 6.42 Å². The summed E-state index contributed by atoms with van der Waals surface area (Å²) in [7, 11) is 0. The van der Waals surface area contributed by atoms with E-state index in [2.05, 4.69) is 10.7 Å². The van der Waals surface area contributed by atoms with Gasteiger partial charge in [0.25, 0.3) is 0 Å². The molecule has 0 spiro atoms. The molecule has 0 radical (unpaired) electrons. The Hall–Kier alpha value is -0.670. The molecule has 14 heavy (non-hydrogen) atoms. The zero-order chi connectivity index (χ0) is 9.80. The summed E-state index contributed by atoms with van der Waals surface area (Å²) in [6.07, 6.45) is 4.01. The topological polar surface area (TPSA) is 29.1 Å². The molecule has 2 nitrogen and oxygen atoms in total. The summed E-state index contributed by atoms with van der Waals surface area (Å²) in [6, 6.07) is 2.15. The molecule has 1 aliphatic rings. The lowest BCUT2D eigenvalue weighted by molar-refractivity contribution is -0.120. The molecule has 1 fully saturated rings. The molecule has 1 aromatic heterocycles. The predicted octanol–water partition coefficient (Wildman–Crippen LogP) is 2.00. The second-order valence-electron chi connectivity index (χ2n) is 3.78. The molecule has 0 saturated carbocycles. The van der Waals surface area contributed by atoms with Crippen LogP contribution in [-0.4, -0.2) is 18.4 Å². The van der Waals surface area contributed by atoms with Gasteiger partial charge < -0.3 is 5.32 Å². The van der Waals surface area contributed by atoms with Crippen LogP contribution in [0.4, 0.5) is 0 Å². The van der Waals surface area contributed by atoms with Gasteiger partial charge in [-0.2, -0.15) is 11.3 Å². The smallest absolute Gasteiger partial charge is 0.154 e. The van der Waals surface area contributed by atoms with E-state index in [-0.39, 0.29) is 6.04 Å². The summed E-state index contributed by atoms with van der Waals surface area (Å²) < 4.78 is 0. The standard InChI is InChI=1S/C11H15NOS/c13-11(7-9-4-6-14-8-9)10-3-1-2-5-12-10/h4,6,8,10,12H,1-3,5,7H2. The molecule has 1 unspecified atom stereocenters. The van der Waals surface area contributed by atoms with Gasteiger partial charge in [0.15, 0.2) is 5.78 Å². The van der Waals surface area contributed by atoms with Crippen molar-refractivity contribution in [2.24, 2.45) is 0 Å². The fourth-order valence-electron chi connectivity index (χ4n) is 1.84. The molecule has 3 heteroatoms. The second kappa shape index (κ2) is 4.71. The number of nitrogens with one attached hydrogen (secondary N) is 1. The van der Waals surface area contributed by atoms with Crippen molar-refractivity contribution in [1.82, 2.24) is 5.32 Å². The molecule has 2 rings (SSSR count). The number of hydrogen-bond donors (Lipinski definition) is 1. The number of rotatable bonds is 3. The Bertz CT molecular complexity index is 288. The summed E-state index contributed by atoms with van der Waals surface area (Å²) in [5.74, 6) is 0.350. The van der Waals surface area contributed by atoms with Crippen LogP contribution in [0.1, 0.15) is 24.8 Å². The Kier molecular flexibility index (Phi) is 3.32. The van der Waals surface area contributed by atoms with E-state index in [1.807, 2.05) is 11.4 Å². The molecule has 2 heterocycles. The first-order valence-corrected chi connectivity index (χ1v) is 6.08. The number of carbonyl (C=O) groups excluding carboxylic acids is 1. The molecule has 0 bridgehead atoms. The third-order valence-corrected chi connectivity index (χ3v) is 3.39. The van der Waals surface area contributed by atoms with Gasteiger partial charge in [-0.1, -0.05) is 6.42 Å². The first kappa shape index (κ1) is 9.87. The predicted molar refractivity (Wildman–Crippen MR) is 58.7 cm³/mol. The summed E-state index contributed by atoms with van der Waals surface area (Å²) in [5.41, 5.74) is 1.16. The second-order valence-corrected chi connectivity index (χ2v) is 4.56. The van der Waals surface area contributed by atoms with E-state index in [0.717, 1.165) is 18.5 Å². The van der Waals surface area contributed by atoms with Crippen molar-refractivity contribution in [3.63, 3.8) is 0 Å². The van der Waals surface area contributed by atoms with E-state index in [1.54, 1.807) is 11.3 Å². The van der Waals surface area contributed by atoms with Gasteiger partial charge in [-0.15, -0.1) is 0 Å². The molecule has 76 valence electrons. The van der Waals surface area contributed by atoms with Crippen LogP contribution in [0.25, 0.3) is 0 Å². The fourth-order valence-corrected chi connectivity index (χ4v) is 2.51. The summed E-state index contributed by atoms with van der Waals surface area (Å²) >= 11 is 1.66. The fraction of sp³-hybridized carbons (Fsp3) is 0.545. The number of piperidine rings is 1. The monoisotopic (exact) mass is 209 g/mol. The summed E-state index contributed by atoms with van der Waals surface area (Å²) in [5, 5.41) is 7.37. The molecule has 0 amide bonds. The van der Waals surface area contributed by atoms with Gasteiger partial charge in [0.05, 0.1) is 6.04 Å². The molecule has 1 aromatic rings. The third kappa shape index (κ3) is 2.42. The first-order chi connectivity index (χ1) is 6.86. The zero-order valence-corrected chi connectivity index (χ0v) is 8.98. The summed E-state index contributed by atoms with van der Waals surface area (Å²) in [4.78, 5) is 11.8. The van der Waals surface area contributed by atoms with Crippen molar-refractivity contribution in [2.45, 2.75) is 31.7 Å². The van der Waals surface area contributed by atoms with Crippen LogP contribution in [0.5, 0.6) is 0 Å². The number of ketones is 1. The zero-order valence-electron chi connectivity index (χ0n) is 8.16. The molecule has 1 saturated heterocycles. The quantitative estimate of drug-likeness (QED) is 0.825. The lowest BCUT2D eigenvalue weighted by Gasteiger charge is -2.21. The molecule has 1 N–H and O–H groups in total. The number of Topliss-reactive ketones (excluding diaryl/α,β-unsaturated/α-hetero) is 1. The molecule has 1 aliphatic heterocycles. The van der Waals surface area contributed by atoms with E-state index < -0.39 is 0 Å². The minimum absolute atomic E-state index is 0.114. The van der Waals surface area contributed by atoms with Gasteiger partial charge in [-0.05, 0) is 41.8 Å². The summed E-state index contributed by atoms with van der Waals surface area (Å²) in [6.45, 7) is 1.00. The van der Waals surface area contributed by atoms with Gasteiger partial charge in [-0.25, -0.2) is 0 Å². The lowest BCUT2D eigenvalue weighted by atomic mass is 9.98. The number of hydrogen-bond acceptors (Lipinski definition) is 3. The largest absolute Gasteiger partial charge is 0.307 e. The van der Waals surface area contributed by atoms with E-state index >= 15 is 0 Å². The van der Waals surface area contributed by atoms with Crippen molar-refractivity contribution in [3.8, 4) is 0 Å². The van der Waals surface area contributed by atoms with Crippen LogP contribution >= 0.6 is 11.3 Å². The number of carbonyl (C=O) groups is 1. The van der Waals surface area contributed by atoms with Gasteiger partial charge in [0.1, 0.15) is 0 Å². The Morgan fingerprint density at radius 1 is 1.57 bits per heavy atom. The normalized spacial score (nSPS) is 22.1. The van der Waals surface area contributed by atoms with Crippen molar-refractivity contribution < 1.29 is 4.79 Å². The van der Waals surface area contributed by atoms with Crippen LogP contribution in [0.2, 0.25) is 0 Å². The Labute approximate surface area is 88.3 Å². The maximum atomic E-state index is 11.8. The lowest BCUT2D eigenvalue weighted by Crippen LogP contribution is -2.41. The van der Waals surface area contributed by atoms with Crippen molar-refractivity contribution in [1.29, 1.82) is 0 Å². The van der Waals surface area contributed by atoms with Gasteiger partial charge in [0.2, 0.25) is 0 Å². The third-order valence-electron chi connectivity index (χ3n) is 2.66. The number of thiophene rings is 1.